The van der Waals surface area contributed by atoms with Gasteiger partial charge in [0.25, 0.3) is 0 Å². The van der Waals surface area contributed by atoms with Gasteiger partial charge in [0, 0.05) is 56.6 Å². The second-order valence-corrected chi connectivity index (χ2v) is 29.8. The molecule has 117 heavy (non-hydrogen) atoms. The van der Waals surface area contributed by atoms with Crippen molar-refractivity contribution >= 4 is 69.1 Å². The summed E-state index contributed by atoms with van der Waals surface area (Å²) in [5.74, 6) is -0.0447. The van der Waals surface area contributed by atoms with Crippen LogP contribution < -0.4 is 28.9 Å². The molecule has 0 heterocycles. The zero-order valence-corrected chi connectivity index (χ0v) is 66.2. The lowest BCUT2D eigenvalue weighted by atomic mass is 9.65. The van der Waals surface area contributed by atoms with E-state index in [0.717, 1.165) is 140 Å². The highest BCUT2D eigenvalue weighted by molar-refractivity contribution is 5.94. The van der Waals surface area contributed by atoms with Gasteiger partial charge in [-0.1, -0.05) is 249 Å². The van der Waals surface area contributed by atoms with E-state index >= 15 is 0 Å². The first-order valence-electron chi connectivity index (χ1n) is 39.6. The van der Waals surface area contributed by atoms with Gasteiger partial charge < -0.3 is 28.9 Å². The van der Waals surface area contributed by atoms with Crippen LogP contribution in [0.5, 0.6) is 17.2 Å². The summed E-state index contributed by atoms with van der Waals surface area (Å²) in [7, 11) is 0. The van der Waals surface area contributed by atoms with Crippen LogP contribution in [-0.4, -0.2) is 17.9 Å². The molecule has 0 unspecified atom stereocenters. The normalized spacial score (nSPS) is 11.2. The summed E-state index contributed by atoms with van der Waals surface area (Å²) < 4.78 is 19.5. The minimum Gasteiger partial charge on any atom is -0.422 e. The van der Waals surface area contributed by atoms with E-state index in [1.54, 1.807) is 0 Å². The summed E-state index contributed by atoms with van der Waals surface area (Å²) in [5, 5.41) is 0. The molecule has 0 spiro atoms. The average Bonchev–Trinajstić information content (AvgIpc) is 0.730. The molecule has 570 valence electrons. The molecule has 0 amide bonds. The summed E-state index contributed by atoms with van der Waals surface area (Å²) >= 11 is 0. The van der Waals surface area contributed by atoms with E-state index in [9.17, 15) is 14.4 Å². The molecule has 0 atom stereocenters. The molecule has 0 aliphatic carbocycles. The fourth-order valence-electron chi connectivity index (χ4n) is 16.0. The standard InChI is InChI=1S/C108H87N3O6/c1-74-68-90(69-75(2)102(74)115-105(112)87-48-42-81(43-49-87)84-54-60-99(61-55-84)109(93-30-16-8-17-31-93)94-32-18-9-19-33-94)108(67-66-80-28-14-7-15-29-80,91-70-76(3)103(77(4)71-91)116-106(113)88-50-44-82(45-51-88)85-56-62-100(63-57-85)110(95-34-20-10-21-35-95)96-36-22-11-23-37-96)92-72-78(5)104(79(6)73-92)117-107(114)89-52-46-83(47-53-89)86-58-64-101(65-59-86)111(97-38-24-12-25-39-97)98-40-26-13-27-41-98/h7-65,68-73H,66-67H2,1-6H3. The number of hydrogen-bond acceptors (Lipinski definition) is 9. The number of para-hydroxylation sites is 6. The number of carbonyl (C=O) groups is 3. The molecule has 0 fully saturated rings. The van der Waals surface area contributed by atoms with Gasteiger partial charge in [-0.2, -0.15) is 0 Å². The number of carbonyl (C=O) groups excluding carboxylic acids is 3. The van der Waals surface area contributed by atoms with Crippen LogP contribution in [-0.2, 0) is 11.8 Å². The average molecular weight is 1520 g/mol. The van der Waals surface area contributed by atoms with Crippen molar-refractivity contribution < 1.29 is 28.6 Å². The monoisotopic (exact) mass is 1520 g/mol. The molecule has 0 bridgehead atoms. The number of nitrogens with zero attached hydrogens (tertiary/aromatic N) is 3. The molecule has 0 aromatic heterocycles. The number of hydrogen-bond donors (Lipinski definition) is 0. The Morgan fingerprint density at radius 3 is 0.615 bits per heavy atom. The predicted molar refractivity (Wildman–Crippen MR) is 477 cm³/mol. The fourth-order valence-corrected chi connectivity index (χ4v) is 16.0. The van der Waals surface area contributed by atoms with E-state index in [1.165, 1.54) is 0 Å². The molecule has 9 heteroatoms. The summed E-state index contributed by atoms with van der Waals surface area (Å²) in [4.78, 5) is 50.3. The lowest BCUT2D eigenvalue weighted by Gasteiger charge is -2.38. The highest BCUT2D eigenvalue weighted by Gasteiger charge is 2.39. The highest BCUT2D eigenvalue weighted by atomic mass is 16.5. The lowest BCUT2D eigenvalue weighted by molar-refractivity contribution is 0.0723. The van der Waals surface area contributed by atoms with Crippen molar-refractivity contribution in [3.63, 3.8) is 0 Å². The minimum atomic E-state index is -0.940. The van der Waals surface area contributed by atoms with E-state index in [2.05, 4.69) is 221 Å². The molecule has 0 aliphatic rings. The zero-order chi connectivity index (χ0) is 80.4. The van der Waals surface area contributed by atoms with Crippen LogP contribution in [0.4, 0.5) is 51.2 Å². The summed E-state index contributed by atoms with van der Waals surface area (Å²) in [6.45, 7) is 12.0. The van der Waals surface area contributed by atoms with Gasteiger partial charge in [0.2, 0.25) is 0 Å². The SMILES string of the molecule is Cc1cc(C(CCc2ccccc2)(c2cc(C)c(OC(=O)c3ccc(-c4ccc(N(c5ccccc5)c5ccccc5)cc4)cc3)c(C)c2)c2cc(C)c(OC(=O)c3ccc(-c4ccc(N(c5ccccc5)c5ccccc5)cc4)cc3)c(C)c2)cc(C)c1OC(=O)c1ccc(-c2ccc(N(c3ccccc3)c3ccccc3)cc2)cc1. The molecular weight excluding hydrogens is 1440 g/mol. The summed E-state index contributed by atoms with van der Waals surface area (Å²) in [5.41, 5.74) is 24.1. The quantitative estimate of drug-likeness (QED) is 0.0333. The molecule has 0 N–H and O–H groups in total. The summed E-state index contributed by atoms with van der Waals surface area (Å²) in [6, 6.07) is 133. The Balaban J connectivity index is 0.705. The molecule has 0 radical (unpaired) electrons. The topological polar surface area (TPSA) is 88.6 Å². The largest absolute Gasteiger partial charge is 0.422 e. The molecule has 16 aromatic carbocycles. The van der Waals surface area contributed by atoms with Crippen LogP contribution in [0.2, 0.25) is 0 Å². The van der Waals surface area contributed by atoms with Crippen LogP contribution in [0.15, 0.2) is 394 Å². The first kappa shape index (κ1) is 76.3. The second kappa shape index (κ2) is 34.3. The second-order valence-electron chi connectivity index (χ2n) is 29.8. The Morgan fingerprint density at radius 2 is 0.410 bits per heavy atom. The van der Waals surface area contributed by atoms with Gasteiger partial charge in [-0.15, -0.1) is 0 Å². The van der Waals surface area contributed by atoms with E-state index in [0.29, 0.717) is 46.8 Å². The number of ether oxygens (including phenoxy) is 3. The maximum Gasteiger partial charge on any atom is 0.343 e. The number of aryl methyl sites for hydroxylation is 7. The van der Waals surface area contributed by atoms with Crippen molar-refractivity contribution in [3.8, 4) is 50.6 Å². The maximum atomic E-state index is 14.5. The van der Waals surface area contributed by atoms with Crippen LogP contribution >= 0.6 is 0 Å². The third-order valence-corrected chi connectivity index (χ3v) is 21.9. The minimum absolute atomic E-state index is 0.413. The van der Waals surface area contributed by atoms with Crippen molar-refractivity contribution in [1.82, 2.24) is 0 Å². The Morgan fingerprint density at radius 1 is 0.231 bits per heavy atom. The Labute approximate surface area is 685 Å². The van der Waals surface area contributed by atoms with Crippen molar-refractivity contribution in [2.45, 2.75) is 59.8 Å². The maximum absolute atomic E-state index is 14.5. The van der Waals surface area contributed by atoms with Crippen LogP contribution in [0.1, 0.15) is 93.1 Å². The molecule has 9 nitrogen and oxygen atoms in total. The van der Waals surface area contributed by atoms with Crippen molar-refractivity contribution in [2.75, 3.05) is 14.7 Å². The third kappa shape index (κ3) is 16.6. The smallest absolute Gasteiger partial charge is 0.343 e. The van der Waals surface area contributed by atoms with Crippen molar-refractivity contribution in [3.05, 3.63) is 467 Å². The van der Waals surface area contributed by atoms with Crippen LogP contribution in [0.3, 0.4) is 0 Å². The Hall–Kier alpha value is -14.7. The molecule has 0 saturated carbocycles. The molecule has 0 aliphatic heterocycles. The van der Waals surface area contributed by atoms with Gasteiger partial charge in [-0.3, -0.25) is 0 Å². The van der Waals surface area contributed by atoms with Gasteiger partial charge in [-0.05, 0) is 289 Å². The van der Waals surface area contributed by atoms with E-state index in [4.69, 9.17) is 14.2 Å². The Bertz CT molecular complexity index is 5390. The van der Waals surface area contributed by atoms with E-state index < -0.39 is 23.3 Å². The highest BCUT2D eigenvalue weighted by Crippen LogP contribution is 2.49. The van der Waals surface area contributed by atoms with Gasteiger partial charge >= 0.3 is 17.9 Å². The van der Waals surface area contributed by atoms with E-state index in [1.807, 2.05) is 230 Å². The fraction of sp³-hybridized carbons (Fsp3) is 0.0833. The number of anilines is 9. The zero-order valence-electron chi connectivity index (χ0n) is 66.2. The molecule has 16 rings (SSSR count). The lowest BCUT2D eigenvalue weighted by Crippen LogP contribution is -2.31. The first-order chi connectivity index (χ1) is 57.2. The molecular formula is C108H87N3O6. The van der Waals surface area contributed by atoms with Crippen LogP contribution in [0.25, 0.3) is 33.4 Å². The number of esters is 3. The van der Waals surface area contributed by atoms with Gasteiger partial charge in [0.1, 0.15) is 17.2 Å². The van der Waals surface area contributed by atoms with Gasteiger partial charge in [0.15, 0.2) is 0 Å². The molecule has 16 aromatic rings. The van der Waals surface area contributed by atoms with Crippen LogP contribution in [0, 0.1) is 41.5 Å². The van der Waals surface area contributed by atoms with Gasteiger partial charge in [-0.25, -0.2) is 14.4 Å². The Kier molecular flexibility index (Phi) is 22.4. The number of rotatable bonds is 24. The predicted octanol–water partition coefficient (Wildman–Crippen LogP) is 27.6. The van der Waals surface area contributed by atoms with Crippen molar-refractivity contribution in [2.24, 2.45) is 0 Å². The first-order valence-corrected chi connectivity index (χ1v) is 39.6. The van der Waals surface area contributed by atoms with Gasteiger partial charge in [0.05, 0.1) is 16.7 Å². The third-order valence-electron chi connectivity index (χ3n) is 21.9. The molecule has 0 saturated heterocycles. The van der Waals surface area contributed by atoms with E-state index in [-0.39, 0.29) is 0 Å². The summed E-state index contributed by atoms with van der Waals surface area (Å²) in [6.07, 6.45) is 1.22. The number of benzene rings is 16. The van der Waals surface area contributed by atoms with Crippen molar-refractivity contribution in [1.29, 1.82) is 0 Å².